The van der Waals surface area contributed by atoms with Crippen LogP contribution >= 0.6 is 23.7 Å². The number of hydrogen-bond donors (Lipinski definition) is 2. The lowest BCUT2D eigenvalue weighted by atomic mass is 10.0. The molecule has 1 saturated heterocycles. The van der Waals surface area contributed by atoms with Gasteiger partial charge in [0.05, 0.1) is 6.42 Å². The van der Waals surface area contributed by atoms with Gasteiger partial charge in [0.15, 0.2) is 0 Å². The molecule has 1 aromatic heterocycles. The molecule has 0 aromatic carbocycles. The average molecular weight is 319 g/mol. The van der Waals surface area contributed by atoms with Crippen molar-refractivity contribution in [2.45, 2.75) is 25.3 Å². The van der Waals surface area contributed by atoms with Gasteiger partial charge >= 0.3 is 5.97 Å². The zero-order valence-corrected chi connectivity index (χ0v) is 12.7. The van der Waals surface area contributed by atoms with Crippen molar-refractivity contribution in [2.75, 3.05) is 19.6 Å². The van der Waals surface area contributed by atoms with E-state index in [1.165, 1.54) is 11.3 Å². The molecule has 0 aliphatic carbocycles. The first-order valence-electron chi connectivity index (χ1n) is 6.42. The van der Waals surface area contributed by atoms with Gasteiger partial charge in [-0.3, -0.25) is 9.59 Å². The van der Waals surface area contributed by atoms with Gasteiger partial charge in [-0.1, -0.05) is 0 Å². The fourth-order valence-corrected chi connectivity index (χ4v) is 2.85. The van der Waals surface area contributed by atoms with Crippen LogP contribution in [0.5, 0.6) is 0 Å². The molecule has 20 heavy (non-hydrogen) atoms. The molecular formula is C13H19ClN2O3S. The number of carboxylic acids is 1. The Morgan fingerprint density at radius 3 is 2.65 bits per heavy atom. The zero-order valence-electron chi connectivity index (χ0n) is 11.1. The van der Waals surface area contributed by atoms with Gasteiger partial charge in [-0.25, -0.2) is 0 Å². The van der Waals surface area contributed by atoms with Crippen molar-refractivity contribution < 1.29 is 14.7 Å². The van der Waals surface area contributed by atoms with E-state index in [9.17, 15) is 9.59 Å². The molecule has 112 valence electrons. The number of halogens is 1. The van der Waals surface area contributed by atoms with Gasteiger partial charge in [-0.2, -0.15) is 11.3 Å². The summed E-state index contributed by atoms with van der Waals surface area (Å²) in [6.45, 7) is 2.30. The highest BCUT2D eigenvalue weighted by molar-refractivity contribution is 7.08. The van der Waals surface area contributed by atoms with Crippen molar-refractivity contribution in [3.63, 3.8) is 0 Å². The number of carbonyl (C=O) groups is 2. The van der Waals surface area contributed by atoms with Crippen LogP contribution in [0.2, 0.25) is 0 Å². The molecular weight excluding hydrogens is 300 g/mol. The number of thiophene rings is 1. The van der Waals surface area contributed by atoms with Crippen molar-refractivity contribution >= 4 is 35.6 Å². The highest BCUT2D eigenvalue weighted by Gasteiger charge is 2.21. The van der Waals surface area contributed by atoms with Crippen molar-refractivity contribution in [1.82, 2.24) is 10.2 Å². The van der Waals surface area contributed by atoms with Crippen LogP contribution in [0.4, 0.5) is 0 Å². The second-order valence-electron chi connectivity index (χ2n) is 4.75. The first-order valence-corrected chi connectivity index (χ1v) is 7.36. The SMILES string of the molecule is Cl.O=C(O)CCN1CCC(NC(=O)c2ccsc2)CC1. The van der Waals surface area contributed by atoms with E-state index >= 15 is 0 Å². The van der Waals surface area contributed by atoms with Gasteiger partial charge < -0.3 is 15.3 Å². The molecule has 2 heterocycles. The normalized spacial score (nSPS) is 16.4. The maximum atomic E-state index is 11.9. The molecule has 1 aliphatic heterocycles. The van der Waals surface area contributed by atoms with Gasteiger partial charge in [0.25, 0.3) is 5.91 Å². The first kappa shape index (κ1) is 16.9. The van der Waals surface area contributed by atoms with Crippen LogP contribution in [0.25, 0.3) is 0 Å². The number of aliphatic carboxylic acids is 1. The molecule has 0 bridgehead atoms. The molecule has 0 saturated carbocycles. The lowest BCUT2D eigenvalue weighted by Crippen LogP contribution is -2.45. The summed E-state index contributed by atoms with van der Waals surface area (Å²) in [5, 5.41) is 15.4. The maximum Gasteiger partial charge on any atom is 0.304 e. The number of carboxylic acid groups (broad SMARTS) is 1. The van der Waals surface area contributed by atoms with Crippen molar-refractivity contribution in [2.24, 2.45) is 0 Å². The lowest BCUT2D eigenvalue weighted by molar-refractivity contribution is -0.137. The number of nitrogens with one attached hydrogen (secondary N) is 1. The molecule has 2 rings (SSSR count). The van der Waals surface area contributed by atoms with Gasteiger partial charge in [0.2, 0.25) is 0 Å². The van der Waals surface area contributed by atoms with E-state index in [0.29, 0.717) is 6.54 Å². The predicted octanol–water partition coefficient (Wildman–Crippen LogP) is 1.84. The number of nitrogens with zero attached hydrogens (tertiary/aromatic N) is 1. The topological polar surface area (TPSA) is 69.6 Å². The third-order valence-electron chi connectivity index (χ3n) is 3.35. The predicted molar refractivity (Wildman–Crippen MR) is 80.7 cm³/mol. The zero-order chi connectivity index (χ0) is 13.7. The number of carbonyl (C=O) groups excluding carboxylic acids is 1. The van der Waals surface area contributed by atoms with Gasteiger partial charge in [0.1, 0.15) is 0 Å². The van der Waals surface area contributed by atoms with Crippen LogP contribution in [0.1, 0.15) is 29.6 Å². The Kier molecular flexibility index (Phi) is 6.98. The Balaban J connectivity index is 0.00000200. The van der Waals surface area contributed by atoms with Crippen LogP contribution in [0, 0.1) is 0 Å². The minimum absolute atomic E-state index is 0. The minimum Gasteiger partial charge on any atom is -0.481 e. The summed E-state index contributed by atoms with van der Waals surface area (Å²) in [7, 11) is 0. The molecule has 1 amide bonds. The third kappa shape index (κ3) is 5.11. The highest BCUT2D eigenvalue weighted by atomic mass is 35.5. The van der Waals surface area contributed by atoms with Crippen LogP contribution < -0.4 is 5.32 Å². The first-order chi connectivity index (χ1) is 9.15. The summed E-state index contributed by atoms with van der Waals surface area (Å²) < 4.78 is 0. The van der Waals surface area contributed by atoms with Gasteiger partial charge in [-0.05, 0) is 24.3 Å². The average Bonchev–Trinajstić information content (AvgIpc) is 2.92. The monoisotopic (exact) mass is 318 g/mol. The van der Waals surface area contributed by atoms with E-state index in [1.54, 1.807) is 0 Å². The van der Waals surface area contributed by atoms with Crippen LogP contribution in [0.3, 0.4) is 0 Å². The Hall–Kier alpha value is -1.11. The molecule has 0 atom stereocenters. The van der Waals surface area contributed by atoms with Crippen LogP contribution in [0.15, 0.2) is 16.8 Å². The molecule has 0 spiro atoms. The van der Waals surface area contributed by atoms with Gasteiger partial charge in [-0.15, -0.1) is 12.4 Å². The molecule has 2 N–H and O–H groups in total. The molecule has 0 radical (unpaired) electrons. The van der Waals surface area contributed by atoms with E-state index in [0.717, 1.165) is 31.5 Å². The molecule has 1 fully saturated rings. The van der Waals surface area contributed by atoms with E-state index in [2.05, 4.69) is 10.2 Å². The van der Waals surface area contributed by atoms with E-state index < -0.39 is 5.97 Å². The Labute approximate surface area is 128 Å². The molecule has 1 aliphatic rings. The second kappa shape index (κ2) is 8.24. The minimum atomic E-state index is -0.757. The fraction of sp³-hybridized carbons (Fsp3) is 0.538. The largest absolute Gasteiger partial charge is 0.481 e. The van der Waals surface area contributed by atoms with Crippen molar-refractivity contribution in [3.8, 4) is 0 Å². The summed E-state index contributed by atoms with van der Waals surface area (Å²) in [4.78, 5) is 24.5. The van der Waals surface area contributed by atoms with Crippen LogP contribution in [-0.2, 0) is 4.79 Å². The smallest absolute Gasteiger partial charge is 0.304 e. The van der Waals surface area contributed by atoms with E-state index in [4.69, 9.17) is 5.11 Å². The molecule has 1 aromatic rings. The maximum absolute atomic E-state index is 11.9. The highest BCUT2D eigenvalue weighted by Crippen LogP contribution is 2.12. The third-order valence-corrected chi connectivity index (χ3v) is 4.03. The fourth-order valence-electron chi connectivity index (χ4n) is 2.22. The van der Waals surface area contributed by atoms with Crippen molar-refractivity contribution in [1.29, 1.82) is 0 Å². The quantitative estimate of drug-likeness (QED) is 0.869. The molecule has 5 nitrogen and oxygen atoms in total. The van der Waals surface area contributed by atoms with E-state index in [-0.39, 0.29) is 30.8 Å². The molecule has 7 heteroatoms. The van der Waals surface area contributed by atoms with Crippen LogP contribution in [-0.4, -0.2) is 47.6 Å². The summed E-state index contributed by atoms with van der Waals surface area (Å²) in [6, 6.07) is 2.02. The second-order valence-corrected chi connectivity index (χ2v) is 5.53. The Morgan fingerprint density at radius 1 is 1.40 bits per heavy atom. The number of rotatable bonds is 5. The summed E-state index contributed by atoms with van der Waals surface area (Å²) in [6.07, 6.45) is 1.96. The lowest BCUT2D eigenvalue weighted by Gasteiger charge is -2.31. The van der Waals surface area contributed by atoms with Gasteiger partial charge in [0, 0.05) is 36.6 Å². The Bertz CT molecular complexity index is 431. The number of hydrogen-bond acceptors (Lipinski definition) is 4. The van der Waals surface area contributed by atoms with E-state index in [1.807, 2.05) is 16.8 Å². The Morgan fingerprint density at radius 2 is 2.10 bits per heavy atom. The summed E-state index contributed by atoms with van der Waals surface area (Å²) in [5.74, 6) is -0.766. The number of amides is 1. The number of likely N-dealkylation sites (tertiary alicyclic amines) is 1. The molecule has 0 unspecified atom stereocenters. The van der Waals surface area contributed by atoms with Crippen molar-refractivity contribution in [3.05, 3.63) is 22.4 Å². The summed E-state index contributed by atoms with van der Waals surface area (Å²) >= 11 is 1.51. The number of piperidine rings is 1. The summed E-state index contributed by atoms with van der Waals surface area (Å²) in [5.41, 5.74) is 0.721. The standard InChI is InChI=1S/C13H18N2O3S.ClH/c16-12(17)3-7-15-5-1-11(2-6-15)14-13(18)10-4-8-19-9-10;/h4,8-9,11H,1-3,5-7H2,(H,14,18)(H,16,17);1H.